The molecule has 0 spiro atoms. The zero-order valence-electron chi connectivity index (χ0n) is 10.1. The highest BCUT2D eigenvalue weighted by Gasteiger charge is 2.15. The van der Waals surface area contributed by atoms with Gasteiger partial charge >= 0.3 is 0 Å². The molecule has 0 fully saturated rings. The maximum atomic E-state index is 13.6. The summed E-state index contributed by atoms with van der Waals surface area (Å²) in [4.78, 5) is 10.0. The van der Waals surface area contributed by atoms with Gasteiger partial charge in [-0.15, -0.1) is 0 Å². The Hall–Kier alpha value is -1.69. The van der Waals surface area contributed by atoms with Crippen LogP contribution >= 0.6 is 0 Å². The van der Waals surface area contributed by atoms with Crippen LogP contribution in [0.2, 0.25) is 0 Å². The average Bonchev–Trinajstić information content (AvgIpc) is 2.28. The molecule has 1 rings (SSSR count). The van der Waals surface area contributed by atoms with Crippen LogP contribution in [-0.4, -0.2) is 24.6 Å². The smallest absolute Gasteiger partial charge is 0.275 e. The van der Waals surface area contributed by atoms with Gasteiger partial charge in [0.15, 0.2) is 5.82 Å². The highest BCUT2D eigenvalue weighted by Crippen LogP contribution is 2.25. The number of nitro benzene ring substituents is 1. The lowest BCUT2D eigenvalue weighted by Crippen LogP contribution is -2.29. The van der Waals surface area contributed by atoms with Gasteiger partial charge in [-0.1, -0.05) is 0 Å². The fourth-order valence-corrected chi connectivity index (χ4v) is 1.37. The van der Waals surface area contributed by atoms with E-state index in [0.29, 0.717) is 12.1 Å². The maximum Gasteiger partial charge on any atom is 0.275 e. The molecular weight excluding hydrogens is 225 g/mol. The molecule has 0 radical (unpaired) electrons. The van der Waals surface area contributed by atoms with E-state index < -0.39 is 10.7 Å². The van der Waals surface area contributed by atoms with Crippen molar-refractivity contribution in [2.75, 3.05) is 18.9 Å². The molecule has 0 aliphatic heterocycles. The maximum absolute atomic E-state index is 13.6. The summed E-state index contributed by atoms with van der Waals surface area (Å²) in [5.41, 5.74) is 0.529. The molecule has 0 heterocycles. The molecule has 1 unspecified atom stereocenters. The molecule has 0 saturated heterocycles. The minimum absolute atomic E-state index is 0.185. The van der Waals surface area contributed by atoms with Crippen LogP contribution in [0.25, 0.3) is 0 Å². The van der Waals surface area contributed by atoms with Crippen molar-refractivity contribution < 1.29 is 9.31 Å². The molecule has 2 N–H and O–H groups in total. The van der Waals surface area contributed by atoms with Gasteiger partial charge in [0, 0.05) is 18.2 Å². The van der Waals surface area contributed by atoms with E-state index in [0.717, 1.165) is 6.07 Å². The molecule has 1 aromatic rings. The number of hydrogen-bond donors (Lipinski definition) is 2. The normalized spacial score (nSPS) is 12.2. The predicted molar refractivity (Wildman–Crippen MR) is 64.8 cm³/mol. The number of rotatable bonds is 5. The number of hydrogen-bond acceptors (Lipinski definition) is 4. The van der Waals surface area contributed by atoms with E-state index in [1.807, 2.05) is 14.0 Å². The Morgan fingerprint density at radius 3 is 2.71 bits per heavy atom. The van der Waals surface area contributed by atoms with Crippen LogP contribution in [0, 0.1) is 22.9 Å². The SMILES string of the molecule is CNC(C)CNc1cc(C)c([N+](=O)[O-])cc1F. The molecule has 1 aromatic carbocycles. The summed E-state index contributed by atoms with van der Waals surface area (Å²) < 4.78 is 13.6. The number of aryl methyl sites for hydroxylation is 1. The summed E-state index contributed by atoms with van der Waals surface area (Å²) in [5.74, 6) is -0.606. The fourth-order valence-electron chi connectivity index (χ4n) is 1.37. The molecule has 0 bridgehead atoms. The van der Waals surface area contributed by atoms with Crippen molar-refractivity contribution in [2.45, 2.75) is 19.9 Å². The third-order valence-electron chi connectivity index (χ3n) is 2.57. The highest BCUT2D eigenvalue weighted by molar-refractivity contribution is 5.54. The Morgan fingerprint density at radius 1 is 1.53 bits per heavy atom. The van der Waals surface area contributed by atoms with Gasteiger partial charge in [-0.05, 0) is 27.0 Å². The third kappa shape index (κ3) is 3.39. The summed E-state index contributed by atoms with van der Waals surface area (Å²) in [6, 6.07) is 2.59. The second-order valence-corrected chi connectivity index (χ2v) is 3.95. The Kier molecular flexibility index (Phi) is 4.39. The van der Waals surface area contributed by atoms with Crippen molar-refractivity contribution in [3.8, 4) is 0 Å². The van der Waals surface area contributed by atoms with Gasteiger partial charge in [0.05, 0.1) is 16.7 Å². The second-order valence-electron chi connectivity index (χ2n) is 3.95. The van der Waals surface area contributed by atoms with Crippen LogP contribution in [0.3, 0.4) is 0 Å². The summed E-state index contributed by atoms with van der Waals surface area (Å²) >= 11 is 0. The number of nitro groups is 1. The van der Waals surface area contributed by atoms with E-state index in [1.165, 1.54) is 6.07 Å². The van der Waals surface area contributed by atoms with Crippen molar-refractivity contribution >= 4 is 11.4 Å². The van der Waals surface area contributed by atoms with Crippen LogP contribution in [0.1, 0.15) is 12.5 Å². The van der Waals surface area contributed by atoms with Crippen LogP contribution in [0.15, 0.2) is 12.1 Å². The molecule has 17 heavy (non-hydrogen) atoms. The predicted octanol–water partition coefficient (Wildman–Crippen LogP) is 2.06. The standard InChI is InChI=1S/C11H16FN3O2/c1-7-4-10(14-6-8(2)13-3)9(12)5-11(7)15(16)17/h4-5,8,13-14H,6H2,1-3H3. The van der Waals surface area contributed by atoms with E-state index in [2.05, 4.69) is 10.6 Å². The minimum Gasteiger partial charge on any atom is -0.381 e. The van der Waals surface area contributed by atoms with E-state index in [4.69, 9.17) is 0 Å². The fraction of sp³-hybridized carbons (Fsp3) is 0.455. The summed E-state index contributed by atoms with van der Waals surface area (Å²) in [5, 5.41) is 16.5. The molecule has 0 aliphatic rings. The Morgan fingerprint density at radius 2 is 2.18 bits per heavy atom. The van der Waals surface area contributed by atoms with Crippen molar-refractivity contribution in [1.29, 1.82) is 0 Å². The van der Waals surface area contributed by atoms with Crippen LogP contribution < -0.4 is 10.6 Å². The topological polar surface area (TPSA) is 67.2 Å². The lowest BCUT2D eigenvalue weighted by atomic mass is 10.1. The Balaban J connectivity index is 2.88. The van der Waals surface area contributed by atoms with E-state index in [1.54, 1.807) is 6.92 Å². The van der Waals surface area contributed by atoms with Gasteiger partial charge in [-0.3, -0.25) is 10.1 Å². The van der Waals surface area contributed by atoms with Crippen molar-refractivity contribution in [3.05, 3.63) is 33.6 Å². The van der Waals surface area contributed by atoms with E-state index >= 15 is 0 Å². The van der Waals surface area contributed by atoms with Crippen LogP contribution in [0.4, 0.5) is 15.8 Å². The molecule has 6 heteroatoms. The molecule has 0 aromatic heterocycles. The lowest BCUT2D eigenvalue weighted by Gasteiger charge is -2.13. The first kappa shape index (κ1) is 13.4. The first-order valence-electron chi connectivity index (χ1n) is 5.31. The number of nitrogens with one attached hydrogen (secondary N) is 2. The third-order valence-corrected chi connectivity index (χ3v) is 2.57. The van der Waals surface area contributed by atoms with Gasteiger partial charge in [-0.2, -0.15) is 0 Å². The molecule has 0 saturated carbocycles. The average molecular weight is 241 g/mol. The number of nitrogens with zero attached hydrogens (tertiary/aromatic N) is 1. The summed E-state index contributed by atoms with van der Waals surface area (Å²) in [6.07, 6.45) is 0. The van der Waals surface area contributed by atoms with Crippen molar-refractivity contribution in [2.24, 2.45) is 0 Å². The zero-order valence-corrected chi connectivity index (χ0v) is 10.1. The van der Waals surface area contributed by atoms with Gasteiger partial charge in [0.25, 0.3) is 5.69 Å². The first-order valence-corrected chi connectivity index (χ1v) is 5.31. The van der Waals surface area contributed by atoms with E-state index in [9.17, 15) is 14.5 Å². The molecule has 0 aliphatic carbocycles. The lowest BCUT2D eigenvalue weighted by molar-refractivity contribution is -0.385. The molecule has 5 nitrogen and oxygen atoms in total. The number of anilines is 1. The van der Waals surface area contributed by atoms with Crippen LogP contribution in [-0.2, 0) is 0 Å². The van der Waals surface area contributed by atoms with Gasteiger partial charge < -0.3 is 10.6 Å². The number of benzene rings is 1. The highest BCUT2D eigenvalue weighted by atomic mass is 19.1. The molecule has 94 valence electrons. The zero-order chi connectivity index (χ0) is 13.0. The molecule has 1 atom stereocenters. The van der Waals surface area contributed by atoms with E-state index in [-0.39, 0.29) is 17.4 Å². The van der Waals surface area contributed by atoms with Gasteiger partial charge in [0.1, 0.15) is 0 Å². The Labute approximate surface area is 99.2 Å². The molecular formula is C11H16FN3O2. The molecule has 0 amide bonds. The first-order chi connectivity index (χ1) is 7.95. The van der Waals surface area contributed by atoms with Gasteiger partial charge in [0.2, 0.25) is 0 Å². The number of halogens is 1. The largest absolute Gasteiger partial charge is 0.381 e. The monoisotopic (exact) mass is 241 g/mol. The minimum atomic E-state index is -0.606. The number of likely N-dealkylation sites (N-methyl/N-ethyl adjacent to an activating group) is 1. The summed E-state index contributed by atoms with van der Waals surface area (Å²) in [7, 11) is 1.81. The van der Waals surface area contributed by atoms with Crippen LogP contribution in [0.5, 0.6) is 0 Å². The Bertz CT molecular complexity index is 423. The van der Waals surface area contributed by atoms with Gasteiger partial charge in [-0.25, -0.2) is 4.39 Å². The second kappa shape index (κ2) is 5.58. The quantitative estimate of drug-likeness (QED) is 0.611. The van der Waals surface area contributed by atoms with Crippen molar-refractivity contribution in [1.82, 2.24) is 5.32 Å². The van der Waals surface area contributed by atoms with Crippen molar-refractivity contribution in [3.63, 3.8) is 0 Å². The summed E-state index contributed by atoms with van der Waals surface area (Å²) in [6.45, 7) is 4.08.